The van der Waals surface area contributed by atoms with Crippen LogP contribution in [0, 0.1) is 0 Å². The van der Waals surface area contributed by atoms with Crippen molar-refractivity contribution in [3.8, 4) is 0 Å². The molecular weight excluding hydrogens is 249 g/mol. The van der Waals surface area contributed by atoms with Crippen molar-refractivity contribution >= 4 is 45.6 Å². The van der Waals surface area contributed by atoms with E-state index in [0.29, 0.717) is 0 Å². The van der Waals surface area contributed by atoms with Crippen LogP contribution in [-0.4, -0.2) is 52.4 Å². The number of rotatable bonds is 0. The summed E-state index contributed by atoms with van der Waals surface area (Å²) in [6, 6.07) is 0. The molecule has 3 N–H and O–H groups in total. The van der Waals surface area contributed by atoms with E-state index in [4.69, 9.17) is 19.2 Å². The third-order valence-corrected chi connectivity index (χ3v) is 0. The van der Waals surface area contributed by atoms with E-state index >= 15 is 0 Å². The van der Waals surface area contributed by atoms with Gasteiger partial charge in [-0.2, -0.15) is 0 Å². The van der Waals surface area contributed by atoms with E-state index in [1.807, 2.05) is 0 Å². The fraction of sp³-hybridized carbons (Fsp3) is 0. The standard InChI is InChI=1S/Ca.Na.H3O4P.Zr.3H/c;;1-5(2,3)4;;;;/h;;(H3,1,2,3,4);;;;/q+2;+1;;;3*-1. The van der Waals surface area contributed by atoms with Gasteiger partial charge in [-0.25, -0.2) is 4.57 Å². The molecule has 0 amide bonds. The molecule has 0 rings (SSSR count). The summed E-state index contributed by atoms with van der Waals surface area (Å²) in [5.74, 6) is 0. The zero-order chi connectivity index (χ0) is 4.50. The molecule has 4 nitrogen and oxygen atoms in total. The second-order valence-corrected chi connectivity index (χ2v) is 1.54. The van der Waals surface area contributed by atoms with Crippen molar-refractivity contribution in [3.63, 3.8) is 0 Å². The second kappa shape index (κ2) is 10.3. The summed E-state index contributed by atoms with van der Waals surface area (Å²) >= 11 is 0. The van der Waals surface area contributed by atoms with Crippen LogP contribution >= 0.6 is 7.82 Å². The molecule has 42 valence electrons. The molecule has 0 aromatic carbocycles. The van der Waals surface area contributed by atoms with Crippen LogP contribution in [-0.2, 0) is 30.8 Å². The SMILES string of the molecule is O=P(O)(O)O.[Ca+2].[H-].[H-].[H-].[Na+].[Zr]. The van der Waals surface area contributed by atoms with E-state index in [-0.39, 0.29) is 97.8 Å². The molecule has 0 radical (unpaired) electrons. The van der Waals surface area contributed by atoms with Gasteiger partial charge in [-0.05, 0) is 0 Å². The van der Waals surface area contributed by atoms with Gasteiger partial charge in [0.15, 0.2) is 0 Å². The summed E-state index contributed by atoms with van der Waals surface area (Å²) in [7, 11) is -4.64. The molecule has 0 bridgehead atoms. The molecule has 0 aliphatic rings. The van der Waals surface area contributed by atoms with Crippen molar-refractivity contribution in [1.82, 2.24) is 0 Å². The third kappa shape index (κ3) is 59.6. The van der Waals surface area contributed by atoms with Gasteiger partial charge in [-0.1, -0.05) is 0 Å². The summed E-state index contributed by atoms with van der Waals surface area (Å²) < 4.78 is 8.88. The summed E-state index contributed by atoms with van der Waals surface area (Å²) in [5, 5.41) is 0. The molecule has 0 saturated heterocycles. The van der Waals surface area contributed by atoms with Crippen LogP contribution in [0.3, 0.4) is 0 Å². The Morgan fingerprint density at radius 2 is 1.25 bits per heavy atom. The number of hydrogen-bond acceptors (Lipinski definition) is 1. The minimum absolute atomic E-state index is 0. The molecule has 0 aromatic rings. The molecule has 0 heterocycles. The Morgan fingerprint density at radius 1 is 1.25 bits per heavy atom. The van der Waals surface area contributed by atoms with Gasteiger partial charge in [-0.3, -0.25) is 0 Å². The molecule has 8 heteroatoms. The smallest absolute Gasteiger partial charge is 1.00 e. The van der Waals surface area contributed by atoms with Crippen LogP contribution in [0.1, 0.15) is 4.28 Å². The zero-order valence-corrected chi connectivity index (χ0v) is 12.0. The minimum atomic E-state index is -4.64. The Morgan fingerprint density at radius 3 is 1.25 bits per heavy atom. The summed E-state index contributed by atoms with van der Waals surface area (Å²) in [6.45, 7) is 0. The van der Waals surface area contributed by atoms with Crippen molar-refractivity contribution in [2.24, 2.45) is 0 Å². The molecule has 0 fully saturated rings. The molecule has 0 atom stereocenters. The first-order chi connectivity index (χ1) is 2.00. The van der Waals surface area contributed by atoms with Gasteiger partial charge in [0, 0.05) is 26.2 Å². The average molecular weight is 255 g/mol. The van der Waals surface area contributed by atoms with Crippen LogP contribution in [0.2, 0.25) is 0 Å². The van der Waals surface area contributed by atoms with E-state index in [1.165, 1.54) is 0 Å². The zero-order valence-electron chi connectivity index (χ0n) is 7.40. The summed E-state index contributed by atoms with van der Waals surface area (Å²) in [6.07, 6.45) is 0. The predicted octanol–water partition coefficient (Wildman–Crippen LogP) is -3.97. The third-order valence-electron chi connectivity index (χ3n) is 0. The minimum Gasteiger partial charge on any atom is -1.00 e. The van der Waals surface area contributed by atoms with Crippen LogP contribution in [0.5, 0.6) is 0 Å². The average Bonchev–Trinajstić information content (AvgIpc) is 0.722. The maximum absolute atomic E-state index is 8.88. The molecule has 0 unspecified atom stereocenters. The number of phosphoric acid groups is 1. The van der Waals surface area contributed by atoms with Crippen molar-refractivity contribution in [3.05, 3.63) is 0 Å². The Balaban J connectivity index is -0.00000000533. The maximum Gasteiger partial charge on any atom is 2.00 e. The monoisotopic (exact) mass is 254 g/mol. The fourth-order valence-corrected chi connectivity index (χ4v) is 0. The first-order valence-corrected chi connectivity index (χ1v) is 2.35. The maximum atomic E-state index is 8.88. The van der Waals surface area contributed by atoms with Gasteiger partial charge in [-0.15, -0.1) is 0 Å². The van der Waals surface area contributed by atoms with Crippen LogP contribution < -0.4 is 29.6 Å². The van der Waals surface area contributed by atoms with Crippen molar-refractivity contribution in [1.29, 1.82) is 0 Å². The number of hydrogen-bond donors (Lipinski definition) is 3. The Hall–Kier alpha value is 3.25. The second-order valence-electron chi connectivity index (χ2n) is 0.513. The Labute approximate surface area is 123 Å². The van der Waals surface area contributed by atoms with Crippen LogP contribution in [0.4, 0.5) is 0 Å². The van der Waals surface area contributed by atoms with Gasteiger partial charge in [0.2, 0.25) is 0 Å². The summed E-state index contributed by atoms with van der Waals surface area (Å²) in [5.41, 5.74) is 0. The van der Waals surface area contributed by atoms with E-state index in [9.17, 15) is 0 Å². The molecule has 0 spiro atoms. The van der Waals surface area contributed by atoms with E-state index in [2.05, 4.69) is 0 Å². The van der Waals surface area contributed by atoms with E-state index in [0.717, 1.165) is 0 Å². The van der Waals surface area contributed by atoms with E-state index < -0.39 is 7.82 Å². The van der Waals surface area contributed by atoms with Crippen LogP contribution in [0.25, 0.3) is 0 Å². The first-order valence-electron chi connectivity index (χ1n) is 0.783. The molecule has 0 aromatic heterocycles. The van der Waals surface area contributed by atoms with E-state index in [1.54, 1.807) is 0 Å². The van der Waals surface area contributed by atoms with Crippen molar-refractivity contribution in [2.75, 3.05) is 0 Å². The van der Waals surface area contributed by atoms with Gasteiger partial charge in [0.25, 0.3) is 0 Å². The fourth-order valence-electron chi connectivity index (χ4n) is 0. The Bertz CT molecular complexity index is 71.5. The quantitative estimate of drug-likeness (QED) is 0.305. The van der Waals surface area contributed by atoms with Gasteiger partial charge >= 0.3 is 75.1 Å². The van der Waals surface area contributed by atoms with Gasteiger partial charge in [0.1, 0.15) is 0 Å². The molecule has 0 aliphatic carbocycles. The largest absolute Gasteiger partial charge is 2.00 e. The first kappa shape index (κ1) is 22.5. The van der Waals surface area contributed by atoms with Gasteiger partial charge in [0.05, 0.1) is 0 Å². The molecule has 8 heavy (non-hydrogen) atoms. The molecule has 0 saturated carbocycles. The molecule has 0 aliphatic heterocycles. The van der Waals surface area contributed by atoms with Crippen molar-refractivity contribution in [2.45, 2.75) is 0 Å². The Kier molecular flexibility index (Phi) is 28.8. The van der Waals surface area contributed by atoms with Gasteiger partial charge < -0.3 is 19.0 Å². The topological polar surface area (TPSA) is 77.8 Å². The normalized spacial score (nSPS) is 7.38. The predicted molar refractivity (Wildman–Crippen MR) is 23.4 cm³/mol. The van der Waals surface area contributed by atoms with Crippen molar-refractivity contribution < 1.29 is 79.3 Å². The molecular formula is H6CaNaO4PZr. The summed E-state index contributed by atoms with van der Waals surface area (Å²) in [4.78, 5) is 21.6. The van der Waals surface area contributed by atoms with Crippen LogP contribution in [0.15, 0.2) is 0 Å².